The van der Waals surface area contributed by atoms with Gasteiger partial charge in [-0.15, -0.1) is 0 Å². The first-order chi connectivity index (χ1) is 10.2. The fourth-order valence-electron chi connectivity index (χ4n) is 2.81. The second-order valence-electron chi connectivity index (χ2n) is 5.47. The predicted molar refractivity (Wildman–Crippen MR) is 84.2 cm³/mol. The van der Waals surface area contributed by atoms with Crippen molar-refractivity contribution in [2.24, 2.45) is 0 Å². The van der Waals surface area contributed by atoms with Gasteiger partial charge in [-0.05, 0) is 30.2 Å². The topological polar surface area (TPSA) is 53.2 Å². The first kappa shape index (κ1) is 14.8. The summed E-state index contributed by atoms with van der Waals surface area (Å²) in [5.41, 5.74) is 2.03. The minimum absolute atomic E-state index is 0.122. The van der Waals surface area contributed by atoms with E-state index in [9.17, 15) is 9.18 Å². The molecule has 2 aliphatic rings. The van der Waals surface area contributed by atoms with Crippen molar-refractivity contribution in [3.63, 3.8) is 0 Å². The standard InChI is InChI=1S/C15H20FN3OS/c16-15-12-3-4-17-8-10(12)1-2-13(15)19-14(20)7-11-9-21-6-5-18-11/h1-2,11,17-18H,3-9H2,(H,19,20). The van der Waals surface area contributed by atoms with E-state index < -0.39 is 0 Å². The highest BCUT2D eigenvalue weighted by Crippen LogP contribution is 2.24. The van der Waals surface area contributed by atoms with Crippen molar-refractivity contribution in [2.45, 2.75) is 25.4 Å². The van der Waals surface area contributed by atoms with Gasteiger partial charge in [0, 0.05) is 37.1 Å². The summed E-state index contributed by atoms with van der Waals surface area (Å²) in [5, 5.41) is 9.26. The Morgan fingerprint density at radius 1 is 1.43 bits per heavy atom. The van der Waals surface area contributed by atoms with E-state index in [1.165, 1.54) is 0 Å². The molecule has 3 rings (SSSR count). The van der Waals surface area contributed by atoms with Crippen molar-refractivity contribution >= 4 is 23.4 Å². The third kappa shape index (κ3) is 3.56. The molecule has 2 heterocycles. The highest BCUT2D eigenvalue weighted by atomic mass is 32.2. The Morgan fingerprint density at radius 3 is 3.14 bits per heavy atom. The van der Waals surface area contributed by atoms with E-state index in [0.29, 0.717) is 25.1 Å². The molecule has 21 heavy (non-hydrogen) atoms. The number of carbonyl (C=O) groups is 1. The highest BCUT2D eigenvalue weighted by Gasteiger charge is 2.20. The maximum Gasteiger partial charge on any atom is 0.226 e. The zero-order valence-corrected chi connectivity index (χ0v) is 12.7. The van der Waals surface area contributed by atoms with Gasteiger partial charge in [0.05, 0.1) is 5.69 Å². The van der Waals surface area contributed by atoms with Crippen LogP contribution in [0.2, 0.25) is 0 Å². The van der Waals surface area contributed by atoms with Gasteiger partial charge in [-0.3, -0.25) is 4.79 Å². The number of thioether (sulfide) groups is 1. The van der Waals surface area contributed by atoms with Crippen molar-refractivity contribution in [2.75, 3.05) is 29.9 Å². The van der Waals surface area contributed by atoms with E-state index in [4.69, 9.17) is 0 Å². The van der Waals surface area contributed by atoms with Crippen LogP contribution >= 0.6 is 11.8 Å². The lowest BCUT2D eigenvalue weighted by atomic mass is 9.99. The molecule has 0 saturated carbocycles. The SMILES string of the molecule is O=C(CC1CSCCN1)Nc1ccc2c(c1F)CCNC2. The van der Waals surface area contributed by atoms with E-state index in [1.54, 1.807) is 6.07 Å². The van der Waals surface area contributed by atoms with Gasteiger partial charge in [0.25, 0.3) is 0 Å². The highest BCUT2D eigenvalue weighted by molar-refractivity contribution is 7.99. The maximum atomic E-state index is 14.4. The quantitative estimate of drug-likeness (QED) is 0.792. The monoisotopic (exact) mass is 309 g/mol. The Labute approximate surface area is 128 Å². The van der Waals surface area contributed by atoms with Gasteiger partial charge >= 0.3 is 0 Å². The average Bonchev–Trinajstić information content (AvgIpc) is 2.51. The molecule has 1 fully saturated rings. The molecular weight excluding hydrogens is 289 g/mol. The van der Waals surface area contributed by atoms with Gasteiger partial charge in [0.15, 0.2) is 0 Å². The third-order valence-electron chi connectivity index (χ3n) is 3.91. The maximum absolute atomic E-state index is 14.4. The Balaban J connectivity index is 1.65. The second kappa shape index (κ2) is 6.77. The number of hydrogen-bond acceptors (Lipinski definition) is 4. The number of anilines is 1. The van der Waals surface area contributed by atoms with Gasteiger partial charge in [-0.25, -0.2) is 4.39 Å². The minimum atomic E-state index is -0.270. The molecule has 1 aromatic carbocycles. The van der Waals surface area contributed by atoms with Gasteiger partial charge in [0.1, 0.15) is 5.82 Å². The molecule has 1 saturated heterocycles. The molecule has 4 nitrogen and oxygen atoms in total. The van der Waals surface area contributed by atoms with Crippen LogP contribution in [0, 0.1) is 5.82 Å². The summed E-state index contributed by atoms with van der Waals surface area (Å²) in [6, 6.07) is 3.76. The number of hydrogen-bond donors (Lipinski definition) is 3. The van der Waals surface area contributed by atoms with Crippen LogP contribution in [0.25, 0.3) is 0 Å². The molecule has 1 amide bonds. The molecule has 3 N–H and O–H groups in total. The fourth-order valence-corrected chi connectivity index (χ4v) is 3.76. The van der Waals surface area contributed by atoms with Crippen molar-refractivity contribution in [3.05, 3.63) is 29.1 Å². The molecule has 0 radical (unpaired) electrons. The van der Waals surface area contributed by atoms with E-state index in [0.717, 1.165) is 35.7 Å². The van der Waals surface area contributed by atoms with Crippen LogP contribution in [0.4, 0.5) is 10.1 Å². The zero-order valence-electron chi connectivity index (χ0n) is 11.9. The number of amides is 1. The Kier molecular flexibility index (Phi) is 4.77. The molecule has 0 spiro atoms. The summed E-state index contributed by atoms with van der Waals surface area (Å²) in [7, 11) is 0. The van der Waals surface area contributed by atoms with Crippen molar-refractivity contribution in [1.82, 2.24) is 10.6 Å². The molecule has 114 valence electrons. The first-order valence-corrected chi connectivity index (χ1v) is 8.51. The van der Waals surface area contributed by atoms with Crippen LogP contribution in [0.5, 0.6) is 0 Å². The Morgan fingerprint density at radius 2 is 2.33 bits per heavy atom. The van der Waals surface area contributed by atoms with E-state index in [1.807, 2.05) is 17.8 Å². The molecule has 0 aliphatic carbocycles. The van der Waals surface area contributed by atoms with E-state index >= 15 is 0 Å². The van der Waals surface area contributed by atoms with E-state index in [2.05, 4.69) is 16.0 Å². The number of halogens is 1. The van der Waals surface area contributed by atoms with Crippen molar-refractivity contribution < 1.29 is 9.18 Å². The van der Waals surface area contributed by atoms with Crippen LogP contribution < -0.4 is 16.0 Å². The second-order valence-corrected chi connectivity index (χ2v) is 6.62. The summed E-state index contributed by atoms with van der Waals surface area (Å²) in [6.45, 7) is 2.41. The summed E-state index contributed by atoms with van der Waals surface area (Å²) < 4.78 is 14.4. The van der Waals surface area contributed by atoms with Gasteiger partial charge < -0.3 is 16.0 Å². The molecule has 1 unspecified atom stereocenters. The first-order valence-electron chi connectivity index (χ1n) is 7.36. The van der Waals surface area contributed by atoms with Crippen molar-refractivity contribution in [1.29, 1.82) is 0 Å². The van der Waals surface area contributed by atoms with Crippen LogP contribution in [0.1, 0.15) is 17.5 Å². The van der Waals surface area contributed by atoms with Gasteiger partial charge in [0.2, 0.25) is 5.91 Å². The van der Waals surface area contributed by atoms with Gasteiger partial charge in [-0.2, -0.15) is 11.8 Å². The lowest BCUT2D eigenvalue weighted by molar-refractivity contribution is -0.116. The van der Waals surface area contributed by atoms with Crippen LogP contribution in [-0.4, -0.2) is 36.5 Å². The Bertz CT molecular complexity index is 532. The van der Waals surface area contributed by atoms with Crippen LogP contribution in [0.3, 0.4) is 0 Å². The van der Waals surface area contributed by atoms with Crippen LogP contribution in [0.15, 0.2) is 12.1 Å². The number of rotatable bonds is 3. The van der Waals surface area contributed by atoms with Crippen LogP contribution in [-0.2, 0) is 17.8 Å². The number of carbonyl (C=O) groups excluding carboxylic acids is 1. The molecule has 0 bridgehead atoms. The Hall–Kier alpha value is -1.11. The summed E-state index contributed by atoms with van der Waals surface area (Å²) in [5.74, 6) is 1.63. The molecule has 1 atom stereocenters. The lowest BCUT2D eigenvalue weighted by Crippen LogP contribution is -2.40. The minimum Gasteiger partial charge on any atom is -0.324 e. The fraction of sp³-hybridized carbons (Fsp3) is 0.533. The lowest BCUT2D eigenvalue weighted by Gasteiger charge is -2.23. The number of nitrogens with one attached hydrogen (secondary N) is 3. The molecular formula is C15H20FN3OS. The van der Waals surface area contributed by atoms with Crippen molar-refractivity contribution in [3.8, 4) is 0 Å². The summed E-state index contributed by atoms with van der Waals surface area (Å²) >= 11 is 1.85. The van der Waals surface area contributed by atoms with E-state index in [-0.39, 0.29) is 17.8 Å². The third-order valence-corrected chi connectivity index (χ3v) is 5.04. The van der Waals surface area contributed by atoms with Gasteiger partial charge in [-0.1, -0.05) is 6.07 Å². The predicted octanol–water partition coefficient (Wildman–Crippen LogP) is 1.50. The average molecular weight is 309 g/mol. The zero-order chi connectivity index (χ0) is 14.7. The largest absolute Gasteiger partial charge is 0.324 e. The summed E-state index contributed by atoms with van der Waals surface area (Å²) in [4.78, 5) is 12.1. The number of benzene rings is 1. The molecule has 2 aliphatic heterocycles. The molecule has 1 aromatic rings. The summed E-state index contributed by atoms with van der Waals surface area (Å²) in [6.07, 6.45) is 1.07. The number of fused-ring (bicyclic) bond motifs is 1. The smallest absolute Gasteiger partial charge is 0.226 e. The molecule has 0 aromatic heterocycles. The normalized spacial score (nSPS) is 21.7. The molecule has 6 heteroatoms.